The van der Waals surface area contributed by atoms with Crippen molar-refractivity contribution >= 4 is 41.3 Å². The lowest BCUT2D eigenvalue weighted by Gasteiger charge is -2.21. The Balaban J connectivity index is 0.00000338. The van der Waals surface area contributed by atoms with Crippen LogP contribution in [0.5, 0.6) is 0 Å². The molecule has 0 aliphatic heterocycles. The summed E-state index contributed by atoms with van der Waals surface area (Å²) >= 11 is 1.56. The van der Waals surface area contributed by atoms with Crippen molar-refractivity contribution in [3.05, 3.63) is 58.0 Å². The number of benzene rings is 1. The normalized spacial score (nSPS) is 13.6. The molecule has 3 N–H and O–H groups in total. The topological polar surface area (TPSA) is 56.7 Å². The maximum absolute atomic E-state index is 13.2. The summed E-state index contributed by atoms with van der Waals surface area (Å²) in [5.41, 5.74) is 0.886. The molecule has 1 aromatic heterocycles. The smallest absolute Gasteiger partial charge is 0.191 e. The van der Waals surface area contributed by atoms with E-state index >= 15 is 0 Å². The quantitative estimate of drug-likeness (QED) is 0.227. The van der Waals surface area contributed by atoms with Crippen LogP contribution in [0.15, 0.2) is 46.1 Å². The second-order valence-electron chi connectivity index (χ2n) is 6.14. The molecule has 0 saturated heterocycles. The van der Waals surface area contributed by atoms with Gasteiger partial charge in [0.1, 0.15) is 11.4 Å². The van der Waals surface area contributed by atoms with E-state index in [0.29, 0.717) is 5.96 Å². The van der Waals surface area contributed by atoms with Crippen LogP contribution in [-0.2, 0) is 12.0 Å². The molecule has 1 heterocycles. The number of guanidine groups is 1. The number of aryl methyl sites for hydroxylation is 1. The Morgan fingerprint density at radius 2 is 2.12 bits per heavy atom. The molecular weight excluding hydrogens is 464 g/mol. The van der Waals surface area contributed by atoms with Gasteiger partial charge in [-0.3, -0.25) is 0 Å². The third-order valence-electron chi connectivity index (χ3n) is 3.86. The zero-order valence-corrected chi connectivity index (χ0v) is 18.3. The Labute approximate surface area is 176 Å². The van der Waals surface area contributed by atoms with Gasteiger partial charge in [0.2, 0.25) is 0 Å². The zero-order chi connectivity index (χ0) is 18.1. The van der Waals surface area contributed by atoms with Gasteiger partial charge in [0, 0.05) is 13.1 Å². The van der Waals surface area contributed by atoms with Gasteiger partial charge in [0.25, 0.3) is 0 Å². The van der Waals surface area contributed by atoms with Crippen LogP contribution in [0.4, 0.5) is 4.39 Å². The third-order valence-corrected chi connectivity index (χ3v) is 4.54. The fourth-order valence-corrected chi connectivity index (χ4v) is 3.21. The van der Waals surface area contributed by atoms with Gasteiger partial charge in [0.05, 0.1) is 6.54 Å². The van der Waals surface area contributed by atoms with Crippen molar-refractivity contribution in [1.29, 1.82) is 0 Å². The van der Waals surface area contributed by atoms with Crippen LogP contribution in [0.1, 0.15) is 31.4 Å². The van der Waals surface area contributed by atoms with Gasteiger partial charge >= 0.3 is 0 Å². The van der Waals surface area contributed by atoms with Gasteiger partial charge in [-0.2, -0.15) is 11.3 Å². The Hall–Kier alpha value is -1.19. The van der Waals surface area contributed by atoms with E-state index in [1.165, 1.54) is 6.07 Å². The number of thiophene rings is 1. The molecule has 0 amide bonds. The summed E-state index contributed by atoms with van der Waals surface area (Å²) in [6, 6.07) is 8.60. The molecule has 7 heteroatoms. The van der Waals surface area contributed by atoms with Crippen molar-refractivity contribution in [2.75, 3.05) is 19.6 Å². The van der Waals surface area contributed by atoms with Crippen molar-refractivity contribution in [2.45, 2.75) is 32.3 Å². The highest BCUT2D eigenvalue weighted by Crippen LogP contribution is 2.23. The molecule has 0 bridgehead atoms. The summed E-state index contributed by atoms with van der Waals surface area (Å²) in [5, 5.41) is 20.9. The summed E-state index contributed by atoms with van der Waals surface area (Å²) in [6.45, 7) is 5.52. The number of nitrogens with zero attached hydrogens (tertiary/aromatic N) is 1. The number of aliphatic imine (C=N–C) groups is 1. The van der Waals surface area contributed by atoms with Crippen LogP contribution in [0, 0.1) is 5.82 Å². The second-order valence-corrected chi connectivity index (χ2v) is 6.92. The number of nitrogens with one attached hydrogen (secondary N) is 2. The van der Waals surface area contributed by atoms with Crippen LogP contribution in [-0.4, -0.2) is 30.7 Å². The Bertz CT molecular complexity index is 677. The van der Waals surface area contributed by atoms with E-state index in [2.05, 4.69) is 15.6 Å². The molecule has 4 nitrogen and oxygen atoms in total. The number of aliphatic hydroxyl groups is 1. The SMILES string of the molecule is CCNC(=NCC(C)(O)c1ccsc1)NCCCc1cccc(F)c1.I. The van der Waals surface area contributed by atoms with Crippen LogP contribution in [0.3, 0.4) is 0 Å². The molecule has 1 atom stereocenters. The number of rotatable bonds is 8. The fourth-order valence-electron chi connectivity index (χ4n) is 2.43. The third kappa shape index (κ3) is 7.59. The van der Waals surface area contributed by atoms with Crippen molar-refractivity contribution in [2.24, 2.45) is 4.99 Å². The highest BCUT2D eigenvalue weighted by molar-refractivity contribution is 14.0. The molecule has 0 radical (unpaired) electrons. The molecule has 1 unspecified atom stereocenters. The van der Waals surface area contributed by atoms with Gasteiger partial charge in [-0.25, -0.2) is 9.38 Å². The zero-order valence-electron chi connectivity index (χ0n) is 15.2. The predicted octanol–water partition coefficient (Wildman–Crippen LogP) is 3.90. The molecule has 2 aromatic rings. The van der Waals surface area contributed by atoms with E-state index in [1.54, 1.807) is 30.4 Å². The first-order valence-electron chi connectivity index (χ1n) is 8.53. The summed E-state index contributed by atoms with van der Waals surface area (Å²) < 4.78 is 13.2. The van der Waals surface area contributed by atoms with Gasteiger partial charge < -0.3 is 15.7 Å². The van der Waals surface area contributed by atoms with Crippen LogP contribution in [0.2, 0.25) is 0 Å². The summed E-state index contributed by atoms with van der Waals surface area (Å²) in [7, 11) is 0. The lowest BCUT2D eigenvalue weighted by atomic mass is 10.00. The van der Waals surface area contributed by atoms with E-state index in [1.807, 2.05) is 29.8 Å². The summed E-state index contributed by atoms with van der Waals surface area (Å²) in [5.74, 6) is 0.480. The van der Waals surface area contributed by atoms with E-state index < -0.39 is 5.60 Å². The van der Waals surface area contributed by atoms with Gasteiger partial charge in [-0.15, -0.1) is 24.0 Å². The molecule has 0 spiro atoms. The summed E-state index contributed by atoms with van der Waals surface area (Å²) in [4.78, 5) is 4.49. The molecule has 0 aliphatic carbocycles. The minimum Gasteiger partial charge on any atom is -0.383 e. The predicted molar refractivity (Wildman–Crippen MR) is 118 cm³/mol. The molecule has 1 aromatic carbocycles. The van der Waals surface area contributed by atoms with E-state index in [9.17, 15) is 9.50 Å². The maximum Gasteiger partial charge on any atom is 0.191 e. The first kappa shape index (κ1) is 22.9. The van der Waals surface area contributed by atoms with Gasteiger partial charge in [-0.1, -0.05) is 12.1 Å². The number of hydrogen-bond acceptors (Lipinski definition) is 3. The number of halogens is 2. The molecule has 2 rings (SSSR count). The lowest BCUT2D eigenvalue weighted by Crippen LogP contribution is -2.39. The molecule has 0 saturated carbocycles. The monoisotopic (exact) mass is 491 g/mol. The average molecular weight is 491 g/mol. The number of hydrogen-bond donors (Lipinski definition) is 3. The highest BCUT2D eigenvalue weighted by atomic mass is 127. The van der Waals surface area contributed by atoms with Crippen LogP contribution in [0.25, 0.3) is 0 Å². The molecule has 0 fully saturated rings. The lowest BCUT2D eigenvalue weighted by molar-refractivity contribution is 0.0677. The Kier molecular flexibility index (Phi) is 10.1. The van der Waals surface area contributed by atoms with Crippen LogP contribution >= 0.6 is 35.3 Å². The largest absolute Gasteiger partial charge is 0.383 e. The minimum absolute atomic E-state index is 0. The standard InChI is InChI=1S/C19H26FN3OS.HI/c1-3-21-18(23-14-19(2,24)16-9-11-25-13-16)22-10-5-7-15-6-4-8-17(20)12-15;/h4,6,8-9,11-13,24H,3,5,7,10,14H2,1-2H3,(H2,21,22,23);1H. The molecular formula is C19H27FIN3OS. The van der Waals surface area contributed by atoms with E-state index in [0.717, 1.165) is 37.1 Å². The molecule has 26 heavy (non-hydrogen) atoms. The van der Waals surface area contributed by atoms with Crippen molar-refractivity contribution in [3.8, 4) is 0 Å². The highest BCUT2D eigenvalue weighted by Gasteiger charge is 2.23. The maximum atomic E-state index is 13.2. The van der Waals surface area contributed by atoms with Gasteiger partial charge in [0.15, 0.2) is 5.96 Å². The Morgan fingerprint density at radius 3 is 2.77 bits per heavy atom. The molecule has 0 aliphatic rings. The minimum atomic E-state index is -0.982. The fraction of sp³-hybridized carbons (Fsp3) is 0.421. The summed E-state index contributed by atoms with van der Waals surface area (Å²) in [6.07, 6.45) is 1.67. The first-order valence-corrected chi connectivity index (χ1v) is 9.47. The average Bonchev–Trinajstić information content (AvgIpc) is 3.12. The van der Waals surface area contributed by atoms with Gasteiger partial charge in [-0.05, 0) is 66.8 Å². The van der Waals surface area contributed by atoms with Crippen molar-refractivity contribution in [1.82, 2.24) is 10.6 Å². The first-order chi connectivity index (χ1) is 12.0. The van der Waals surface area contributed by atoms with Crippen molar-refractivity contribution in [3.63, 3.8) is 0 Å². The van der Waals surface area contributed by atoms with E-state index in [-0.39, 0.29) is 36.3 Å². The second kappa shape index (κ2) is 11.5. The van der Waals surface area contributed by atoms with Crippen LogP contribution < -0.4 is 10.6 Å². The Morgan fingerprint density at radius 1 is 1.31 bits per heavy atom. The molecule has 144 valence electrons. The van der Waals surface area contributed by atoms with Crippen molar-refractivity contribution < 1.29 is 9.50 Å². The van der Waals surface area contributed by atoms with E-state index in [4.69, 9.17) is 0 Å².